The molecule has 17 heavy (non-hydrogen) atoms. The van der Waals surface area contributed by atoms with E-state index in [9.17, 15) is 0 Å². The molecular weight excluding hydrogens is 210 g/mol. The summed E-state index contributed by atoms with van der Waals surface area (Å²) in [6.07, 6.45) is 1.33. The van der Waals surface area contributed by atoms with E-state index in [0.29, 0.717) is 12.5 Å². The average molecular weight is 235 g/mol. The van der Waals surface area contributed by atoms with Crippen molar-refractivity contribution in [1.82, 2.24) is 0 Å². The molecule has 2 atom stereocenters. The van der Waals surface area contributed by atoms with Gasteiger partial charge in [-0.25, -0.2) is 0 Å². The zero-order chi connectivity index (χ0) is 12.8. The highest BCUT2D eigenvalue weighted by molar-refractivity contribution is 5.24. The normalized spacial score (nSPS) is 14.9. The van der Waals surface area contributed by atoms with Crippen LogP contribution in [0.25, 0.3) is 0 Å². The first-order valence-electron chi connectivity index (χ1n) is 6.50. The Morgan fingerprint density at radius 1 is 1.12 bits per heavy atom. The second-order valence-corrected chi connectivity index (χ2v) is 4.98. The van der Waals surface area contributed by atoms with Crippen LogP contribution in [-0.4, -0.2) is 12.7 Å². The number of hydrogen-bond donors (Lipinski definition) is 1. The number of nitrogens with two attached hydrogens (primary N) is 1. The molecule has 0 saturated carbocycles. The zero-order valence-corrected chi connectivity index (χ0v) is 11.4. The molecule has 0 aliphatic rings. The van der Waals surface area contributed by atoms with Gasteiger partial charge in [-0.15, -0.1) is 0 Å². The molecule has 0 saturated heterocycles. The summed E-state index contributed by atoms with van der Waals surface area (Å²) in [6.45, 7) is 9.16. The van der Waals surface area contributed by atoms with Crippen LogP contribution in [-0.2, 0) is 11.2 Å². The van der Waals surface area contributed by atoms with Crippen molar-refractivity contribution in [2.45, 2.75) is 46.3 Å². The van der Waals surface area contributed by atoms with Crippen molar-refractivity contribution >= 4 is 0 Å². The smallest absolute Gasteiger partial charge is 0.0663 e. The lowest BCUT2D eigenvalue weighted by atomic mass is 10.0. The van der Waals surface area contributed by atoms with E-state index < -0.39 is 0 Å². The summed E-state index contributed by atoms with van der Waals surface area (Å²) >= 11 is 0. The van der Waals surface area contributed by atoms with Crippen molar-refractivity contribution in [3.8, 4) is 0 Å². The Kier molecular flexibility index (Phi) is 5.66. The van der Waals surface area contributed by atoms with Crippen LogP contribution < -0.4 is 5.73 Å². The van der Waals surface area contributed by atoms with Crippen LogP contribution in [0, 0.1) is 5.92 Å². The van der Waals surface area contributed by atoms with E-state index in [2.05, 4.69) is 52.0 Å². The van der Waals surface area contributed by atoms with Crippen LogP contribution in [0.4, 0.5) is 0 Å². The molecular formula is C15H25NO. The van der Waals surface area contributed by atoms with Gasteiger partial charge in [0.1, 0.15) is 0 Å². The van der Waals surface area contributed by atoms with E-state index in [4.69, 9.17) is 10.5 Å². The predicted molar refractivity (Wildman–Crippen MR) is 73.0 cm³/mol. The van der Waals surface area contributed by atoms with Gasteiger partial charge in [0.15, 0.2) is 0 Å². The lowest BCUT2D eigenvalue weighted by molar-refractivity contribution is 0.0272. The first-order valence-corrected chi connectivity index (χ1v) is 6.50. The number of rotatable bonds is 6. The molecule has 96 valence electrons. The van der Waals surface area contributed by atoms with Gasteiger partial charge >= 0.3 is 0 Å². The Morgan fingerprint density at radius 3 is 2.18 bits per heavy atom. The van der Waals surface area contributed by atoms with Crippen LogP contribution in [0.3, 0.4) is 0 Å². The molecule has 1 aromatic carbocycles. The molecule has 2 nitrogen and oxygen atoms in total. The van der Waals surface area contributed by atoms with Crippen LogP contribution in [0.1, 0.15) is 44.9 Å². The van der Waals surface area contributed by atoms with Gasteiger partial charge in [-0.3, -0.25) is 0 Å². The topological polar surface area (TPSA) is 35.2 Å². The lowest BCUT2D eigenvalue weighted by Gasteiger charge is -2.20. The van der Waals surface area contributed by atoms with Crippen LogP contribution in [0.15, 0.2) is 24.3 Å². The van der Waals surface area contributed by atoms with Gasteiger partial charge in [0.05, 0.1) is 18.8 Å². The second-order valence-electron chi connectivity index (χ2n) is 4.98. The largest absolute Gasteiger partial charge is 0.376 e. The third-order valence-corrected chi connectivity index (χ3v) is 3.29. The van der Waals surface area contributed by atoms with Crippen molar-refractivity contribution < 1.29 is 4.74 Å². The average Bonchev–Trinajstić information content (AvgIpc) is 2.35. The quantitative estimate of drug-likeness (QED) is 0.821. The molecule has 0 amide bonds. The highest BCUT2D eigenvalue weighted by Crippen LogP contribution is 2.14. The Balaban J connectivity index is 2.48. The van der Waals surface area contributed by atoms with Crippen molar-refractivity contribution in [2.75, 3.05) is 6.61 Å². The number of hydrogen-bond acceptors (Lipinski definition) is 2. The predicted octanol–water partition coefficient (Wildman–Crippen LogP) is 3.31. The summed E-state index contributed by atoms with van der Waals surface area (Å²) in [5.41, 5.74) is 8.61. The first-order chi connectivity index (χ1) is 8.04. The summed E-state index contributed by atoms with van der Waals surface area (Å²) in [6, 6.07) is 8.46. The minimum atomic E-state index is -0.0258. The van der Waals surface area contributed by atoms with Gasteiger partial charge in [0.25, 0.3) is 0 Å². The van der Waals surface area contributed by atoms with Crippen LogP contribution >= 0.6 is 0 Å². The SMILES string of the molecule is CCc1ccc(C(N)COC(C)C(C)C)cc1. The summed E-state index contributed by atoms with van der Waals surface area (Å²) in [5.74, 6) is 0.532. The van der Waals surface area contributed by atoms with E-state index in [1.807, 2.05) is 0 Å². The molecule has 0 aliphatic heterocycles. The Morgan fingerprint density at radius 2 is 1.71 bits per heavy atom. The Labute approximate surface area is 105 Å². The monoisotopic (exact) mass is 235 g/mol. The van der Waals surface area contributed by atoms with E-state index in [0.717, 1.165) is 12.0 Å². The van der Waals surface area contributed by atoms with Crippen LogP contribution in [0.2, 0.25) is 0 Å². The molecule has 0 fully saturated rings. The van der Waals surface area contributed by atoms with Crippen molar-refractivity contribution in [1.29, 1.82) is 0 Å². The standard InChI is InChI=1S/C15H25NO/c1-5-13-6-8-14(9-7-13)15(16)10-17-12(4)11(2)3/h6-9,11-12,15H,5,10,16H2,1-4H3. The number of ether oxygens (including phenoxy) is 1. The summed E-state index contributed by atoms with van der Waals surface area (Å²) in [7, 11) is 0. The molecule has 1 aromatic rings. The first kappa shape index (κ1) is 14.2. The highest BCUT2D eigenvalue weighted by Gasteiger charge is 2.11. The van der Waals surface area contributed by atoms with Gasteiger partial charge in [-0.2, -0.15) is 0 Å². The van der Waals surface area contributed by atoms with Gasteiger partial charge in [-0.1, -0.05) is 45.0 Å². The molecule has 0 radical (unpaired) electrons. The summed E-state index contributed by atoms with van der Waals surface area (Å²) in [5, 5.41) is 0. The minimum Gasteiger partial charge on any atom is -0.376 e. The van der Waals surface area contributed by atoms with E-state index in [-0.39, 0.29) is 12.1 Å². The third kappa shape index (κ3) is 4.49. The molecule has 0 bridgehead atoms. The fourth-order valence-electron chi connectivity index (χ4n) is 1.54. The third-order valence-electron chi connectivity index (χ3n) is 3.29. The molecule has 0 heterocycles. The molecule has 1 rings (SSSR count). The van der Waals surface area contributed by atoms with E-state index in [1.165, 1.54) is 5.56 Å². The van der Waals surface area contributed by atoms with E-state index in [1.54, 1.807) is 0 Å². The van der Waals surface area contributed by atoms with Crippen molar-refractivity contribution in [3.63, 3.8) is 0 Å². The van der Waals surface area contributed by atoms with Crippen molar-refractivity contribution in [3.05, 3.63) is 35.4 Å². The summed E-state index contributed by atoms with van der Waals surface area (Å²) < 4.78 is 5.75. The summed E-state index contributed by atoms with van der Waals surface area (Å²) in [4.78, 5) is 0. The van der Waals surface area contributed by atoms with Crippen LogP contribution in [0.5, 0.6) is 0 Å². The lowest BCUT2D eigenvalue weighted by Crippen LogP contribution is -2.23. The fraction of sp³-hybridized carbons (Fsp3) is 0.600. The van der Waals surface area contributed by atoms with E-state index >= 15 is 0 Å². The molecule has 0 aromatic heterocycles. The number of benzene rings is 1. The Hall–Kier alpha value is -0.860. The maximum atomic E-state index is 6.11. The number of aryl methyl sites for hydroxylation is 1. The van der Waals surface area contributed by atoms with Gasteiger partial charge in [-0.05, 0) is 30.4 Å². The van der Waals surface area contributed by atoms with Gasteiger partial charge < -0.3 is 10.5 Å². The van der Waals surface area contributed by atoms with Gasteiger partial charge in [0, 0.05) is 0 Å². The molecule has 2 unspecified atom stereocenters. The van der Waals surface area contributed by atoms with Gasteiger partial charge in [0.2, 0.25) is 0 Å². The molecule has 0 aliphatic carbocycles. The maximum absolute atomic E-state index is 6.11. The Bertz CT molecular complexity index is 318. The fourth-order valence-corrected chi connectivity index (χ4v) is 1.54. The van der Waals surface area contributed by atoms with Crippen molar-refractivity contribution in [2.24, 2.45) is 11.7 Å². The molecule has 2 N–H and O–H groups in total. The second kappa shape index (κ2) is 6.77. The minimum absolute atomic E-state index is 0.0258. The maximum Gasteiger partial charge on any atom is 0.0663 e. The molecule has 2 heteroatoms. The molecule has 0 spiro atoms. The highest BCUT2D eigenvalue weighted by atomic mass is 16.5. The zero-order valence-electron chi connectivity index (χ0n) is 11.4.